The molecule has 2 amide bonds. The maximum Gasteiger partial charge on any atom is 0.225 e. The van der Waals surface area contributed by atoms with Crippen LogP contribution in [0.4, 0.5) is 4.39 Å². The zero-order valence-corrected chi connectivity index (χ0v) is 16.5. The fourth-order valence-electron chi connectivity index (χ4n) is 3.84. The van der Waals surface area contributed by atoms with Crippen LogP contribution in [0.25, 0.3) is 11.3 Å². The maximum atomic E-state index is 13.0. The Hall–Kier alpha value is -2.68. The molecule has 3 heterocycles. The number of carbonyl (C=O) groups is 2. The summed E-state index contributed by atoms with van der Waals surface area (Å²) < 4.78 is 42.0. The fourth-order valence-corrected chi connectivity index (χ4v) is 5.57. The predicted octanol–water partition coefficient (Wildman–Crippen LogP) is 1.74. The Morgan fingerprint density at radius 1 is 1.21 bits per heavy atom. The van der Waals surface area contributed by atoms with Crippen molar-refractivity contribution in [3.05, 3.63) is 48.0 Å². The number of nitrogens with one attached hydrogen (secondary N) is 1. The van der Waals surface area contributed by atoms with Crippen molar-refractivity contribution in [3.8, 4) is 11.3 Å². The number of rotatable bonds is 5. The molecule has 0 aliphatic carbocycles. The molecule has 0 spiro atoms. The minimum absolute atomic E-state index is 0.0222. The molecule has 2 saturated heterocycles. The molecule has 0 bridgehead atoms. The van der Waals surface area contributed by atoms with Crippen molar-refractivity contribution in [1.82, 2.24) is 10.2 Å². The quantitative estimate of drug-likeness (QED) is 0.795. The van der Waals surface area contributed by atoms with Gasteiger partial charge in [0.2, 0.25) is 11.8 Å². The van der Waals surface area contributed by atoms with E-state index in [0.717, 1.165) is 5.56 Å². The van der Waals surface area contributed by atoms with Gasteiger partial charge in [-0.05, 0) is 42.8 Å². The lowest BCUT2D eigenvalue weighted by Crippen LogP contribution is -2.38. The van der Waals surface area contributed by atoms with Crippen LogP contribution in [0.2, 0.25) is 0 Å². The van der Waals surface area contributed by atoms with E-state index in [1.165, 1.54) is 17.0 Å². The molecular weight excluding hydrogens is 399 g/mol. The van der Waals surface area contributed by atoms with Crippen LogP contribution in [-0.2, 0) is 26.0 Å². The van der Waals surface area contributed by atoms with Gasteiger partial charge in [0.25, 0.3) is 0 Å². The van der Waals surface area contributed by atoms with Crippen molar-refractivity contribution in [2.45, 2.75) is 25.4 Å². The zero-order valence-electron chi connectivity index (χ0n) is 15.6. The maximum absolute atomic E-state index is 13.0. The molecular formula is C20H21FN2O5S. The summed E-state index contributed by atoms with van der Waals surface area (Å²) in [5.74, 6) is -0.0934. The van der Waals surface area contributed by atoms with E-state index >= 15 is 0 Å². The summed E-state index contributed by atoms with van der Waals surface area (Å²) >= 11 is 0. The van der Waals surface area contributed by atoms with Gasteiger partial charge in [-0.15, -0.1) is 0 Å². The van der Waals surface area contributed by atoms with Gasteiger partial charge in [0.15, 0.2) is 9.84 Å². The van der Waals surface area contributed by atoms with E-state index in [0.29, 0.717) is 17.9 Å². The Bertz CT molecular complexity index is 1030. The topological polar surface area (TPSA) is 96.7 Å². The number of halogens is 1. The SMILES string of the molecule is O=C(NCc1ccc(-c2ccc(F)cc2)o1)C1CC(=O)N(C2CCS(=O)(=O)C2)C1. The van der Waals surface area contributed by atoms with Crippen LogP contribution in [0, 0.1) is 11.7 Å². The minimum atomic E-state index is -3.09. The van der Waals surface area contributed by atoms with Crippen molar-refractivity contribution >= 4 is 21.7 Å². The molecule has 9 heteroatoms. The monoisotopic (exact) mass is 420 g/mol. The molecule has 0 radical (unpaired) electrons. The highest BCUT2D eigenvalue weighted by atomic mass is 32.2. The van der Waals surface area contributed by atoms with Gasteiger partial charge < -0.3 is 14.6 Å². The van der Waals surface area contributed by atoms with Gasteiger partial charge in [-0.25, -0.2) is 12.8 Å². The standard InChI is InChI=1S/C20H21FN2O5S/c21-15-3-1-13(2-4-15)18-6-5-17(28-18)10-22-20(25)14-9-19(24)23(11-14)16-7-8-29(26,27)12-16/h1-6,14,16H,7-12H2,(H,22,25). The van der Waals surface area contributed by atoms with Gasteiger partial charge in [0, 0.05) is 24.6 Å². The third-order valence-electron chi connectivity index (χ3n) is 5.41. The molecule has 154 valence electrons. The largest absolute Gasteiger partial charge is 0.459 e. The molecule has 4 rings (SSSR count). The van der Waals surface area contributed by atoms with E-state index < -0.39 is 15.8 Å². The second-order valence-corrected chi connectivity index (χ2v) is 9.72. The van der Waals surface area contributed by atoms with E-state index in [4.69, 9.17) is 4.42 Å². The highest BCUT2D eigenvalue weighted by Gasteiger charge is 2.41. The van der Waals surface area contributed by atoms with Gasteiger partial charge in [0.05, 0.1) is 24.0 Å². The molecule has 2 unspecified atom stereocenters. The van der Waals surface area contributed by atoms with E-state index in [1.807, 2.05) is 0 Å². The molecule has 2 fully saturated rings. The van der Waals surface area contributed by atoms with Gasteiger partial charge >= 0.3 is 0 Å². The van der Waals surface area contributed by atoms with Crippen LogP contribution in [0.15, 0.2) is 40.8 Å². The van der Waals surface area contributed by atoms with Crippen molar-refractivity contribution in [2.75, 3.05) is 18.1 Å². The number of sulfone groups is 1. The average molecular weight is 420 g/mol. The summed E-state index contributed by atoms with van der Waals surface area (Å²) in [5.41, 5.74) is 0.729. The number of furan rings is 1. The number of benzene rings is 1. The summed E-state index contributed by atoms with van der Waals surface area (Å²) in [6.45, 7) is 0.409. The van der Waals surface area contributed by atoms with E-state index in [-0.39, 0.29) is 54.7 Å². The zero-order chi connectivity index (χ0) is 20.6. The molecule has 2 atom stereocenters. The molecule has 2 aliphatic heterocycles. The molecule has 1 N–H and O–H groups in total. The number of amides is 2. The van der Waals surface area contributed by atoms with Crippen LogP contribution in [0.1, 0.15) is 18.6 Å². The summed E-state index contributed by atoms with van der Waals surface area (Å²) in [4.78, 5) is 26.3. The van der Waals surface area contributed by atoms with Crippen molar-refractivity contribution in [1.29, 1.82) is 0 Å². The molecule has 1 aromatic carbocycles. The van der Waals surface area contributed by atoms with E-state index in [2.05, 4.69) is 5.32 Å². The second kappa shape index (κ2) is 7.62. The van der Waals surface area contributed by atoms with Crippen molar-refractivity contribution < 1.29 is 26.8 Å². The first kappa shape index (κ1) is 19.6. The van der Waals surface area contributed by atoms with Gasteiger partial charge in [-0.3, -0.25) is 9.59 Å². The summed E-state index contributed by atoms with van der Waals surface area (Å²) in [5, 5.41) is 2.77. The van der Waals surface area contributed by atoms with Crippen LogP contribution in [-0.4, -0.2) is 49.2 Å². The minimum Gasteiger partial charge on any atom is -0.459 e. The summed E-state index contributed by atoms with van der Waals surface area (Å²) in [7, 11) is -3.09. The predicted molar refractivity (Wildman–Crippen MR) is 103 cm³/mol. The van der Waals surface area contributed by atoms with Crippen LogP contribution in [0.3, 0.4) is 0 Å². The third-order valence-corrected chi connectivity index (χ3v) is 7.16. The Morgan fingerprint density at radius 3 is 2.66 bits per heavy atom. The van der Waals surface area contributed by atoms with E-state index in [9.17, 15) is 22.4 Å². The third kappa shape index (κ3) is 4.34. The first-order valence-corrected chi connectivity index (χ1v) is 11.2. The van der Waals surface area contributed by atoms with Gasteiger partial charge in [-0.2, -0.15) is 0 Å². The normalized spacial score (nSPS) is 23.5. The highest BCUT2D eigenvalue weighted by Crippen LogP contribution is 2.27. The lowest BCUT2D eigenvalue weighted by atomic mass is 10.1. The molecule has 2 aromatic rings. The van der Waals surface area contributed by atoms with Gasteiger partial charge in [-0.1, -0.05) is 0 Å². The number of likely N-dealkylation sites (tertiary alicyclic amines) is 1. The Morgan fingerprint density at radius 2 is 1.97 bits per heavy atom. The van der Waals surface area contributed by atoms with E-state index in [1.54, 1.807) is 24.3 Å². The van der Waals surface area contributed by atoms with Crippen LogP contribution >= 0.6 is 0 Å². The second-order valence-electron chi connectivity index (χ2n) is 7.49. The highest BCUT2D eigenvalue weighted by molar-refractivity contribution is 7.91. The fraction of sp³-hybridized carbons (Fsp3) is 0.400. The lowest BCUT2D eigenvalue weighted by Gasteiger charge is -2.22. The molecule has 1 aromatic heterocycles. The molecule has 0 saturated carbocycles. The number of hydrogen-bond acceptors (Lipinski definition) is 5. The molecule has 7 nitrogen and oxygen atoms in total. The molecule has 29 heavy (non-hydrogen) atoms. The summed E-state index contributed by atoms with van der Waals surface area (Å²) in [6, 6.07) is 9.06. The number of hydrogen-bond donors (Lipinski definition) is 1. The molecule has 2 aliphatic rings. The smallest absolute Gasteiger partial charge is 0.225 e. The Balaban J connectivity index is 1.32. The Kier molecular flexibility index (Phi) is 5.16. The van der Waals surface area contributed by atoms with Crippen molar-refractivity contribution in [3.63, 3.8) is 0 Å². The first-order chi connectivity index (χ1) is 13.8. The van der Waals surface area contributed by atoms with Gasteiger partial charge in [0.1, 0.15) is 17.3 Å². The Labute approximate surface area is 167 Å². The summed E-state index contributed by atoms with van der Waals surface area (Å²) in [6.07, 6.45) is 0.516. The number of nitrogens with zero attached hydrogens (tertiary/aromatic N) is 1. The van der Waals surface area contributed by atoms with Crippen LogP contribution in [0.5, 0.6) is 0 Å². The average Bonchev–Trinajstić information content (AvgIpc) is 3.39. The number of carbonyl (C=O) groups excluding carboxylic acids is 2. The van der Waals surface area contributed by atoms with Crippen molar-refractivity contribution in [2.24, 2.45) is 5.92 Å². The lowest BCUT2D eigenvalue weighted by molar-refractivity contribution is -0.130. The first-order valence-electron chi connectivity index (χ1n) is 9.43. The van der Waals surface area contributed by atoms with Crippen LogP contribution < -0.4 is 5.32 Å².